The smallest absolute Gasteiger partial charge is 0.295 e. The number of aromatic nitrogens is 1. The molecular formula is C20H21N3O3. The molecule has 0 bridgehead atoms. The molecule has 134 valence electrons. The Balaban J connectivity index is 1.96. The zero-order valence-corrected chi connectivity index (χ0v) is 15.0. The van der Waals surface area contributed by atoms with Crippen LogP contribution in [0.25, 0.3) is 10.9 Å². The van der Waals surface area contributed by atoms with Crippen molar-refractivity contribution in [3.63, 3.8) is 0 Å². The summed E-state index contributed by atoms with van der Waals surface area (Å²) in [5.74, 6) is 0.550. The third kappa shape index (κ3) is 3.44. The lowest BCUT2D eigenvalue weighted by Crippen LogP contribution is -2.03. The van der Waals surface area contributed by atoms with Gasteiger partial charge in [-0.25, -0.2) is 0 Å². The Hall–Kier alpha value is -3.15. The summed E-state index contributed by atoms with van der Waals surface area (Å²) in [7, 11) is 1.56. The van der Waals surface area contributed by atoms with E-state index in [0.717, 1.165) is 10.9 Å². The van der Waals surface area contributed by atoms with Gasteiger partial charge in [0.05, 0.1) is 12.6 Å². The molecule has 6 nitrogen and oxygen atoms in total. The molecule has 0 spiro atoms. The average Bonchev–Trinajstić information content (AvgIpc) is 2.91. The maximum absolute atomic E-state index is 12.3. The lowest BCUT2D eigenvalue weighted by atomic mass is 10.2. The number of aromatic hydroxyl groups is 1. The second kappa shape index (κ2) is 7.39. The van der Waals surface area contributed by atoms with E-state index in [1.54, 1.807) is 35.9 Å². The normalized spacial score (nSPS) is 11.5. The molecule has 0 aliphatic heterocycles. The number of para-hydroxylation sites is 1. The van der Waals surface area contributed by atoms with E-state index in [9.17, 15) is 9.90 Å². The van der Waals surface area contributed by atoms with Gasteiger partial charge in [-0.3, -0.25) is 4.79 Å². The molecule has 3 rings (SSSR count). The number of hydrogen-bond acceptors (Lipinski definition) is 4. The van der Waals surface area contributed by atoms with Gasteiger partial charge in [0.15, 0.2) is 5.69 Å². The highest BCUT2D eigenvalue weighted by atomic mass is 16.5. The van der Waals surface area contributed by atoms with Gasteiger partial charge < -0.3 is 14.4 Å². The maximum atomic E-state index is 12.3. The summed E-state index contributed by atoms with van der Waals surface area (Å²) in [6, 6.07) is 14.2. The molecule has 0 radical (unpaired) electrons. The van der Waals surface area contributed by atoms with Crippen molar-refractivity contribution in [3.05, 3.63) is 54.1 Å². The second-order valence-electron chi connectivity index (χ2n) is 6.43. The molecule has 2 aromatic carbocycles. The van der Waals surface area contributed by atoms with Crippen LogP contribution in [-0.4, -0.2) is 22.7 Å². The van der Waals surface area contributed by atoms with E-state index in [0.29, 0.717) is 29.5 Å². The van der Waals surface area contributed by atoms with E-state index >= 15 is 0 Å². The molecule has 0 saturated carbocycles. The van der Waals surface area contributed by atoms with Gasteiger partial charge >= 0.3 is 0 Å². The van der Waals surface area contributed by atoms with E-state index in [4.69, 9.17) is 4.74 Å². The number of carbonyl (C=O) groups is 1. The minimum absolute atomic E-state index is 0.0196. The van der Waals surface area contributed by atoms with Crippen LogP contribution in [0.3, 0.4) is 0 Å². The molecule has 1 heterocycles. The molecule has 26 heavy (non-hydrogen) atoms. The van der Waals surface area contributed by atoms with E-state index in [1.807, 2.05) is 24.3 Å². The standard InChI is InChI=1S/C20H21N3O3/c1-13(2)12-23-17-7-5-4-6-16(17)18(20(23)25)21-22-19(24)14-8-10-15(26-3)11-9-14/h4-11,13,25H,12H2,1-3H3. The summed E-state index contributed by atoms with van der Waals surface area (Å²) >= 11 is 0. The Morgan fingerprint density at radius 1 is 1.15 bits per heavy atom. The first kappa shape index (κ1) is 17.7. The maximum Gasteiger partial charge on any atom is 0.295 e. The van der Waals surface area contributed by atoms with Crippen LogP contribution in [0, 0.1) is 5.92 Å². The number of ether oxygens (including phenoxy) is 1. The fraction of sp³-hybridized carbons (Fsp3) is 0.250. The molecule has 1 N–H and O–H groups in total. The Kier molecular flexibility index (Phi) is 5.02. The van der Waals surface area contributed by atoms with Crippen molar-refractivity contribution < 1.29 is 14.6 Å². The summed E-state index contributed by atoms with van der Waals surface area (Å²) in [5.41, 5.74) is 1.58. The predicted molar refractivity (Wildman–Crippen MR) is 100 cm³/mol. The molecule has 3 aromatic rings. The first-order valence-electron chi connectivity index (χ1n) is 8.41. The largest absolute Gasteiger partial charge is 0.497 e. The third-order valence-corrected chi connectivity index (χ3v) is 4.04. The van der Waals surface area contributed by atoms with Crippen LogP contribution < -0.4 is 4.74 Å². The van der Waals surface area contributed by atoms with Gasteiger partial charge in [-0.2, -0.15) is 0 Å². The molecule has 0 atom stereocenters. The summed E-state index contributed by atoms with van der Waals surface area (Å²) in [5, 5.41) is 19.2. The minimum Gasteiger partial charge on any atom is -0.497 e. The number of azo groups is 1. The quantitative estimate of drug-likeness (QED) is 0.662. The number of benzene rings is 2. The van der Waals surface area contributed by atoms with Gasteiger partial charge in [0, 0.05) is 17.5 Å². The average molecular weight is 351 g/mol. The van der Waals surface area contributed by atoms with Crippen molar-refractivity contribution in [2.75, 3.05) is 7.11 Å². The Labute approximate surface area is 151 Å². The Bertz CT molecular complexity index is 956. The number of rotatable bonds is 5. The summed E-state index contributed by atoms with van der Waals surface area (Å²) in [6.45, 7) is 4.79. The van der Waals surface area contributed by atoms with Crippen molar-refractivity contribution in [2.24, 2.45) is 16.1 Å². The van der Waals surface area contributed by atoms with Crippen molar-refractivity contribution in [3.8, 4) is 11.6 Å². The van der Waals surface area contributed by atoms with Crippen LogP contribution in [0.15, 0.2) is 58.8 Å². The number of methoxy groups -OCH3 is 1. The highest BCUT2D eigenvalue weighted by molar-refractivity contribution is 5.97. The van der Waals surface area contributed by atoms with Gasteiger partial charge in [0.25, 0.3) is 5.91 Å². The van der Waals surface area contributed by atoms with Crippen LogP contribution >= 0.6 is 0 Å². The van der Waals surface area contributed by atoms with Gasteiger partial charge in [0.1, 0.15) is 5.75 Å². The summed E-state index contributed by atoms with van der Waals surface area (Å²) in [4.78, 5) is 12.3. The van der Waals surface area contributed by atoms with Gasteiger partial charge in [-0.15, -0.1) is 10.2 Å². The Morgan fingerprint density at radius 3 is 2.50 bits per heavy atom. The molecule has 1 amide bonds. The number of hydrogen-bond donors (Lipinski definition) is 1. The summed E-state index contributed by atoms with van der Waals surface area (Å²) < 4.78 is 6.87. The zero-order chi connectivity index (χ0) is 18.7. The van der Waals surface area contributed by atoms with Gasteiger partial charge in [0.2, 0.25) is 5.88 Å². The van der Waals surface area contributed by atoms with Crippen LogP contribution in [-0.2, 0) is 6.54 Å². The fourth-order valence-corrected chi connectivity index (χ4v) is 2.81. The zero-order valence-electron chi connectivity index (χ0n) is 15.0. The van der Waals surface area contributed by atoms with Gasteiger partial charge in [-0.1, -0.05) is 32.0 Å². The molecule has 0 unspecified atom stereocenters. The number of amides is 1. The number of carbonyl (C=O) groups excluding carboxylic acids is 1. The van der Waals surface area contributed by atoms with Crippen molar-refractivity contribution in [1.82, 2.24) is 4.57 Å². The molecule has 6 heteroatoms. The van der Waals surface area contributed by atoms with Crippen molar-refractivity contribution >= 4 is 22.5 Å². The predicted octanol–water partition coefficient (Wildman–Crippen LogP) is 4.94. The topological polar surface area (TPSA) is 76.2 Å². The highest BCUT2D eigenvalue weighted by Crippen LogP contribution is 2.39. The lowest BCUT2D eigenvalue weighted by Gasteiger charge is -2.09. The molecule has 1 aromatic heterocycles. The van der Waals surface area contributed by atoms with Crippen LogP contribution in [0.4, 0.5) is 5.69 Å². The van der Waals surface area contributed by atoms with E-state index in [-0.39, 0.29) is 5.88 Å². The number of fused-ring (bicyclic) bond motifs is 1. The van der Waals surface area contributed by atoms with E-state index < -0.39 is 5.91 Å². The van der Waals surface area contributed by atoms with Crippen molar-refractivity contribution in [2.45, 2.75) is 20.4 Å². The monoisotopic (exact) mass is 351 g/mol. The van der Waals surface area contributed by atoms with E-state index in [1.165, 1.54) is 0 Å². The Morgan fingerprint density at radius 2 is 1.85 bits per heavy atom. The fourth-order valence-electron chi connectivity index (χ4n) is 2.81. The molecular weight excluding hydrogens is 330 g/mol. The second-order valence-corrected chi connectivity index (χ2v) is 6.43. The minimum atomic E-state index is -0.479. The SMILES string of the molecule is COc1ccc(C(=O)N=Nc2c(O)n(CC(C)C)c3ccccc23)cc1. The number of nitrogens with zero attached hydrogens (tertiary/aromatic N) is 3. The van der Waals surface area contributed by atoms with Gasteiger partial charge in [-0.05, 0) is 36.2 Å². The van der Waals surface area contributed by atoms with Crippen LogP contribution in [0.1, 0.15) is 24.2 Å². The van der Waals surface area contributed by atoms with E-state index in [2.05, 4.69) is 24.1 Å². The molecule has 0 fully saturated rings. The van der Waals surface area contributed by atoms with Crippen LogP contribution in [0.2, 0.25) is 0 Å². The first-order chi connectivity index (χ1) is 12.5. The van der Waals surface area contributed by atoms with Crippen LogP contribution in [0.5, 0.6) is 11.6 Å². The van der Waals surface area contributed by atoms with Crippen molar-refractivity contribution in [1.29, 1.82) is 0 Å². The first-order valence-corrected chi connectivity index (χ1v) is 8.41. The lowest BCUT2D eigenvalue weighted by molar-refractivity contribution is 0.0995. The highest BCUT2D eigenvalue weighted by Gasteiger charge is 2.17. The molecule has 0 aliphatic rings. The third-order valence-electron chi connectivity index (χ3n) is 4.04. The summed E-state index contributed by atoms with van der Waals surface area (Å²) in [6.07, 6.45) is 0. The molecule has 0 aliphatic carbocycles. The molecule has 0 saturated heterocycles.